The number of unbranched alkanes of at least 4 members (excludes halogenated alkanes) is 2. The highest BCUT2D eigenvalue weighted by molar-refractivity contribution is 5.86. The highest BCUT2D eigenvalue weighted by atomic mass is 16.4. The van der Waals surface area contributed by atoms with Gasteiger partial charge in [0.2, 0.25) is 0 Å². The molecular weight excluding hydrogens is 788 g/mol. The highest BCUT2D eigenvalue weighted by Gasteiger charge is 2.98. The molecule has 3 unspecified atom stereocenters. The number of carbonyl (C=O) groups is 8. The lowest BCUT2D eigenvalue weighted by Gasteiger charge is -2.49. The van der Waals surface area contributed by atoms with E-state index in [2.05, 4.69) is 17.7 Å². The van der Waals surface area contributed by atoms with Gasteiger partial charge in [-0.2, -0.15) is 28.1 Å². The van der Waals surface area contributed by atoms with Crippen LogP contribution in [-0.4, -0.2) is 201 Å². The van der Waals surface area contributed by atoms with Gasteiger partial charge in [0.1, 0.15) is 64.2 Å². The Bertz CT molecular complexity index is 1640. The molecule has 4 saturated heterocycles. The van der Waals surface area contributed by atoms with Crippen LogP contribution in [0.3, 0.4) is 0 Å². The van der Waals surface area contributed by atoms with Gasteiger partial charge in [0.05, 0.1) is 13.0 Å². The average molecular weight is 845 g/mol. The smallest absolute Gasteiger partial charge is 0.481 e. The summed E-state index contributed by atoms with van der Waals surface area (Å²) in [5.74, 6) is -7.67. The van der Waals surface area contributed by atoms with Crippen LogP contribution in [0.5, 0.6) is 0 Å². The summed E-state index contributed by atoms with van der Waals surface area (Å²) < 4.78 is 1.51. The molecule has 4 aliphatic rings. The van der Waals surface area contributed by atoms with Crippen LogP contribution in [0.1, 0.15) is 64.2 Å². The summed E-state index contributed by atoms with van der Waals surface area (Å²) in [6.45, 7) is 5.02. The fourth-order valence-electron chi connectivity index (χ4n) is 10.6. The van der Waals surface area contributed by atoms with E-state index in [0.29, 0.717) is 67.5 Å². The second-order valence-corrected chi connectivity index (χ2v) is 15.9. The van der Waals surface area contributed by atoms with Gasteiger partial charge in [-0.15, -0.1) is 8.97 Å². The molecule has 0 aromatic carbocycles. The molecule has 0 bridgehead atoms. The van der Waals surface area contributed by atoms with E-state index < -0.39 is 59.5 Å². The van der Waals surface area contributed by atoms with Crippen molar-refractivity contribution in [1.82, 2.24) is 10.6 Å². The van der Waals surface area contributed by atoms with Crippen LogP contribution in [0, 0.1) is 5.92 Å². The summed E-state index contributed by atoms with van der Waals surface area (Å²) in [4.78, 5) is 129. The monoisotopic (exact) mass is 844 g/mol. The molecule has 1 spiro atoms. The Morgan fingerprint density at radius 2 is 1.07 bits per heavy atom. The number of urea groups is 1. The Labute approximate surface area is 338 Å². The van der Waals surface area contributed by atoms with Gasteiger partial charge in [-0.1, -0.05) is 12.8 Å². The molecule has 2 amide bonds. The molecule has 0 aromatic rings. The minimum Gasteiger partial charge on any atom is -0.481 e. The molecule has 7 N–H and O–H groups in total. The molecule has 0 saturated carbocycles. The van der Waals surface area contributed by atoms with Gasteiger partial charge in [0.25, 0.3) is 0 Å². The van der Waals surface area contributed by atoms with Crippen molar-refractivity contribution >= 4 is 59.7 Å². The molecule has 0 aromatic heterocycles. The van der Waals surface area contributed by atoms with Gasteiger partial charge in [-0.25, -0.2) is 19.2 Å². The minimum atomic E-state index is -1.40. The van der Waals surface area contributed by atoms with Crippen molar-refractivity contribution in [3.8, 4) is 0 Å². The minimum absolute atomic E-state index is 0.0101. The second kappa shape index (κ2) is 21.5. The maximum absolute atomic E-state index is 13.7. The van der Waals surface area contributed by atoms with Crippen molar-refractivity contribution in [3.05, 3.63) is 0 Å². The number of ketones is 2. The number of likely N-dealkylation sites (N-methyl/N-ethyl adjacent to an activating group) is 1. The standard InChI is InChI=1S/C34H52N6O13.2CO2/c1-37-12-14-38(16-17-40(23-30(47)48)19-18-39(15-13-37,22-29(45)46)34(37,38)40)21-26(42)7-4-2-3-6-24(31(49)50)20-25(41)9-10-27(32(51)52)36-33(53)35-11-5-8-28(43)44;2*2-1-3/h24,27H,2-23H2,1H3,(H3-4,35,36,43,44,45,46,47,48,49,50,51,52,53);;/p+4/t24-,27+,34+,37?,38+,39?,40?;;/m1../s1. The van der Waals surface area contributed by atoms with Crippen molar-refractivity contribution < 1.29 is 101 Å². The average Bonchev–Trinajstić information content (AvgIpc) is 3.76. The van der Waals surface area contributed by atoms with Crippen molar-refractivity contribution in [3.63, 3.8) is 0 Å². The van der Waals surface area contributed by atoms with E-state index in [0.717, 1.165) is 13.1 Å². The Morgan fingerprint density at radius 1 is 0.576 bits per heavy atom. The topological polar surface area (TPSA) is 330 Å². The highest BCUT2D eigenvalue weighted by Crippen LogP contribution is 2.61. The fraction of sp³-hybridized carbons (Fsp3) is 0.722. The van der Waals surface area contributed by atoms with Crippen LogP contribution in [0.4, 0.5) is 4.79 Å². The lowest BCUT2D eigenvalue weighted by molar-refractivity contribution is -1.36. The molecule has 328 valence electrons. The number of hydrogen-bond donors (Lipinski definition) is 7. The Balaban J connectivity index is 0.00000188. The second-order valence-electron chi connectivity index (χ2n) is 15.9. The number of nitrogens with zero attached hydrogens (tertiary/aromatic N) is 4. The number of quaternary nitrogens is 4. The number of carboxylic acid groups (broad SMARTS) is 5. The Hall–Kier alpha value is -5.44. The van der Waals surface area contributed by atoms with E-state index in [1.54, 1.807) is 0 Å². The Morgan fingerprint density at radius 3 is 1.53 bits per heavy atom. The van der Waals surface area contributed by atoms with Crippen molar-refractivity contribution in [1.29, 1.82) is 0 Å². The molecule has 4 fully saturated rings. The zero-order valence-corrected chi connectivity index (χ0v) is 33.1. The summed E-state index contributed by atoms with van der Waals surface area (Å²) in [5, 5.41) is 52.5. The van der Waals surface area contributed by atoms with E-state index in [1.807, 2.05) is 0 Å². The molecule has 0 aliphatic carbocycles. The first kappa shape index (κ1) is 49.7. The van der Waals surface area contributed by atoms with Crippen LogP contribution >= 0.6 is 0 Å². The van der Waals surface area contributed by atoms with Gasteiger partial charge in [-0.05, 0) is 25.7 Å². The van der Waals surface area contributed by atoms with Crippen molar-refractivity contribution in [2.24, 2.45) is 5.92 Å². The van der Waals surface area contributed by atoms with Gasteiger partial charge < -0.3 is 36.2 Å². The third-order valence-corrected chi connectivity index (χ3v) is 12.4. The third-order valence-electron chi connectivity index (χ3n) is 12.4. The first-order valence-corrected chi connectivity index (χ1v) is 19.3. The lowest BCUT2D eigenvalue weighted by atomic mass is 9.93. The molecule has 4 aliphatic heterocycles. The number of rotatable bonds is 24. The number of Topliss-reactive ketones (excluding diaryl/α,β-unsaturated/α-hetero) is 2. The molecule has 59 heavy (non-hydrogen) atoms. The molecule has 0 radical (unpaired) electrons. The maximum Gasteiger partial charge on any atom is 0.482 e. The van der Waals surface area contributed by atoms with E-state index >= 15 is 0 Å². The quantitative estimate of drug-likeness (QED) is 0.0413. The lowest BCUT2D eigenvalue weighted by Crippen LogP contribution is -2.85. The molecule has 4 heterocycles. The zero-order chi connectivity index (χ0) is 44.7. The SMILES string of the molecule is C[N+]12CC[N+]3(CC(=O)O)CC[N+]4(CC(=O)O)CC[N@+](CC(=O)CCCCC[C@H](CC(=O)CC[C@H](NC(=O)NCCCC(=O)O)C(=O)O)C(=O)O)(CC1)[C@@]234.O=C=O.O=C=O. The number of aliphatic carboxylic acids is 5. The van der Waals surface area contributed by atoms with E-state index in [1.165, 1.54) is 0 Å². The van der Waals surface area contributed by atoms with Crippen molar-refractivity contribution in [2.45, 2.75) is 76.2 Å². The summed E-state index contributed by atoms with van der Waals surface area (Å²) in [7, 11) is 2.11. The first-order valence-electron chi connectivity index (χ1n) is 19.3. The van der Waals surface area contributed by atoms with Gasteiger partial charge >= 0.3 is 54.1 Å². The molecule has 4 rings (SSSR count). The number of carboxylic acids is 5. The molecular formula is C36H56N6O17+4. The number of nitrogens with one attached hydrogen (secondary N) is 2. The van der Waals surface area contributed by atoms with E-state index in [9.17, 15) is 58.8 Å². The summed E-state index contributed by atoms with van der Waals surface area (Å²) in [6, 6.07) is -2.23. The summed E-state index contributed by atoms with van der Waals surface area (Å²) in [6.07, 6.45) is 1.53. The largest absolute Gasteiger partial charge is 0.482 e. The van der Waals surface area contributed by atoms with Crippen LogP contribution in [0.2, 0.25) is 0 Å². The van der Waals surface area contributed by atoms with Crippen LogP contribution in [0.25, 0.3) is 0 Å². The first-order chi connectivity index (χ1) is 27.7. The third kappa shape index (κ3) is 11.2. The molecule has 23 nitrogen and oxygen atoms in total. The van der Waals surface area contributed by atoms with Crippen molar-refractivity contribution in [2.75, 3.05) is 85.6 Å². The van der Waals surface area contributed by atoms with E-state index in [4.69, 9.17) is 24.3 Å². The zero-order valence-electron chi connectivity index (χ0n) is 33.1. The number of hydrogen-bond acceptors (Lipinski definition) is 12. The van der Waals surface area contributed by atoms with Gasteiger partial charge in [-0.3, -0.25) is 19.2 Å². The normalized spacial score (nSPS) is 27.7. The van der Waals surface area contributed by atoms with E-state index in [-0.39, 0.29) is 98.2 Å². The van der Waals surface area contributed by atoms with Crippen LogP contribution in [0.15, 0.2) is 0 Å². The number of amides is 2. The maximum atomic E-state index is 13.7. The molecule has 7 atom stereocenters. The number of carbonyl (C=O) groups excluding carboxylic acids is 7. The van der Waals surface area contributed by atoms with Crippen LogP contribution < -0.4 is 10.6 Å². The van der Waals surface area contributed by atoms with Crippen LogP contribution in [-0.2, 0) is 52.7 Å². The van der Waals surface area contributed by atoms with Gasteiger partial charge in [0, 0.05) is 32.2 Å². The predicted molar refractivity (Wildman–Crippen MR) is 191 cm³/mol. The van der Waals surface area contributed by atoms with Gasteiger partial charge in [0.15, 0.2) is 25.4 Å². The predicted octanol–water partition coefficient (Wildman–Crippen LogP) is -1.87. The summed E-state index contributed by atoms with van der Waals surface area (Å²) in [5.41, 5.74) is 0. The molecule has 23 heteroatoms. The summed E-state index contributed by atoms with van der Waals surface area (Å²) >= 11 is 0. The fourth-order valence-corrected chi connectivity index (χ4v) is 10.6. The Kier molecular flexibility index (Phi) is 18.1.